The SMILES string of the molecule is COc1ccc(Cn2c([C@@H](Cc3c[nH]c4ccccc34)NC(=O)C(CC(C)C)C(=O)N[C@@H](CC(C)C)C(N)=O)nnc2[C@@H](Cc2c[nH]c3ccccc23)NC(=O)[C@@H](N)CCCCN)cc1. The van der Waals surface area contributed by atoms with Crippen LogP contribution < -0.4 is 37.9 Å². The Balaban J connectivity index is 1.48. The molecule has 0 saturated carbocycles. The molecule has 0 aliphatic rings. The quantitative estimate of drug-likeness (QED) is 0.0292. The molecule has 16 nitrogen and oxygen atoms in total. The molecule has 0 aliphatic carbocycles. The number of ether oxygens (including phenoxy) is 1. The highest BCUT2D eigenvalue weighted by atomic mass is 16.5. The first-order valence-electron chi connectivity index (χ1n) is 22.6. The summed E-state index contributed by atoms with van der Waals surface area (Å²) in [6.45, 7) is 8.47. The molecule has 0 radical (unpaired) electrons. The van der Waals surface area contributed by atoms with Crippen molar-refractivity contribution in [1.82, 2.24) is 40.7 Å². The first-order valence-corrected chi connectivity index (χ1v) is 22.6. The molecule has 0 saturated heterocycles. The fraction of sp³-hybridized carbons (Fsp3) is 0.429. The molecule has 3 aromatic heterocycles. The Morgan fingerprint density at radius 3 is 1.74 bits per heavy atom. The molecule has 1 unspecified atom stereocenters. The van der Waals surface area contributed by atoms with E-state index in [1.54, 1.807) is 7.11 Å². The van der Waals surface area contributed by atoms with Crippen molar-refractivity contribution in [3.05, 3.63) is 114 Å². The molecular weight excluding hydrogens is 823 g/mol. The van der Waals surface area contributed by atoms with Gasteiger partial charge in [-0.1, -0.05) is 82.6 Å². The van der Waals surface area contributed by atoms with Crippen LogP contribution in [0.2, 0.25) is 0 Å². The van der Waals surface area contributed by atoms with Gasteiger partial charge in [-0.15, -0.1) is 10.2 Å². The third-order valence-electron chi connectivity index (χ3n) is 11.8. The maximum atomic E-state index is 14.8. The van der Waals surface area contributed by atoms with Gasteiger partial charge in [-0.2, -0.15) is 0 Å². The molecule has 65 heavy (non-hydrogen) atoms. The van der Waals surface area contributed by atoms with Crippen molar-refractivity contribution < 1.29 is 23.9 Å². The second-order valence-corrected chi connectivity index (χ2v) is 17.8. The standard InChI is InChI=1S/C49H65N11O5/c1-29(2)22-37(47(62)55-41(44(52)61)23-30(3)4)48(63)56-42(24-32-26-53-39-15-8-6-12-35(32)39)45-58-59-46(60(45)28-31-17-19-34(65-5)20-18-31)43(57-49(64)38(51)14-10-11-21-50)25-33-27-54-40-16-9-7-13-36(33)40/h6-9,12-13,15-20,26-27,29-30,37-38,41-43,53-54H,10-11,14,21-25,28,50-51H2,1-5H3,(H2,52,61)(H,55,62)(H,56,63)(H,57,64)/t37?,38-,41-,42+,43+/m0/s1. The zero-order valence-corrected chi connectivity index (χ0v) is 38.1. The second-order valence-electron chi connectivity index (χ2n) is 17.8. The number of amides is 4. The highest BCUT2D eigenvalue weighted by Crippen LogP contribution is 2.30. The molecular formula is C49H65N11O5. The lowest BCUT2D eigenvalue weighted by atomic mass is 9.93. The van der Waals surface area contributed by atoms with E-state index in [1.165, 1.54) is 0 Å². The van der Waals surface area contributed by atoms with E-state index in [9.17, 15) is 19.2 Å². The van der Waals surface area contributed by atoms with Gasteiger partial charge < -0.3 is 52.4 Å². The number of methoxy groups -OCH3 is 1. The van der Waals surface area contributed by atoms with E-state index >= 15 is 0 Å². The summed E-state index contributed by atoms with van der Waals surface area (Å²) in [4.78, 5) is 62.0. The fourth-order valence-electron chi connectivity index (χ4n) is 8.36. The van der Waals surface area contributed by atoms with Crippen molar-refractivity contribution in [2.45, 2.75) is 103 Å². The van der Waals surface area contributed by atoms with Crippen molar-refractivity contribution in [2.75, 3.05) is 13.7 Å². The van der Waals surface area contributed by atoms with Crippen LogP contribution in [-0.4, -0.2) is 74.1 Å². The smallest absolute Gasteiger partial charge is 0.240 e. The summed E-state index contributed by atoms with van der Waals surface area (Å²) in [7, 11) is 1.60. The minimum Gasteiger partial charge on any atom is -0.497 e. The second kappa shape index (κ2) is 22.4. The van der Waals surface area contributed by atoms with Crippen molar-refractivity contribution in [3.63, 3.8) is 0 Å². The predicted molar refractivity (Wildman–Crippen MR) is 252 cm³/mol. The van der Waals surface area contributed by atoms with Crippen molar-refractivity contribution >= 4 is 45.4 Å². The molecule has 346 valence electrons. The number of hydrogen-bond acceptors (Lipinski definition) is 9. The summed E-state index contributed by atoms with van der Waals surface area (Å²) in [5.74, 6) is -1.77. The number of nitrogens with two attached hydrogens (primary N) is 3. The van der Waals surface area contributed by atoms with Gasteiger partial charge in [0.25, 0.3) is 0 Å². The number of nitrogens with one attached hydrogen (secondary N) is 5. The van der Waals surface area contributed by atoms with Crippen molar-refractivity contribution in [3.8, 4) is 5.75 Å². The molecule has 16 heteroatoms. The van der Waals surface area contributed by atoms with Gasteiger partial charge in [-0.05, 0) is 85.0 Å². The molecule has 0 aliphatic heterocycles. The van der Waals surface area contributed by atoms with Crippen LogP contribution in [0.25, 0.3) is 21.8 Å². The van der Waals surface area contributed by atoms with E-state index in [2.05, 4.69) is 25.9 Å². The third-order valence-corrected chi connectivity index (χ3v) is 11.8. The van der Waals surface area contributed by atoms with Crippen LogP contribution in [0.3, 0.4) is 0 Å². The summed E-state index contributed by atoms with van der Waals surface area (Å²) in [6.07, 6.45) is 6.85. The molecule has 0 spiro atoms. The number of benzene rings is 3. The van der Waals surface area contributed by atoms with E-state index in [0.717, 1.165) is 44.9 Å². The minimum atomic E-state index is -1.17. The first-order chi connectivity index (χ1) is 31.3. The number of fused-ring (bicyclic) bond motifs is 2. The summed E-state index contributed by atoms with van der Waals surface area (Å²) in [6, 6.07) is 20.1. The van der Waals surface area contributed by atoms with Crippen LogP contribution in [-0.2, 0) is 38.6 Å². The van der Waals surface area contributed by atoms with E-state index in [-0.39, 0.29) is 37.1 Å². The number of rotatable bonds is 24. The molecule has 0 bridgehead atoms. The zero-order valence-electron chi connectivity index (χ0n) is 38.1. The minimum absolute atomic E-state index is 0.0541. The monoisotopic (exact) mass is 888 g/mol. The van der Waals surface area contributed by atoms with Gasteiger partial charge in [0.15, 0.2) is 11.6 Å². The Morgan fingerprint density at radius 2 is 1.23 bits per heavy atom. The van der Waals surface area contributed by atoms with Gasteiger partial charge in [0.2, 0.25) is 23.6 Å². The average molecular weight is 888 g/mol. The molecule has 6 aromatic rings. The summed E-state index contributed by atoms with van der Waals surface area (Å²) in [5, 5.41) is 20.9. The van der Waals surface area contributed by atoms with Gasteiger partial charge in [0.1, 0.15) is 17.7 Å². The van der Waals surface area contributed by atoms with E-state index < -0.39 is 47.8 Å². The lowest BCUT2D eigenvalue weighted by Gasteiger charge is -2.26. The van der Waals surface area contributed by atoms with Gasteiger partial charge >= 0.3 is 0 Å². The number of carbonyl (C=O) groups is 4. The Morgan fingerprint density at radius 1 is 0.708 bits per heavy atom. The largest absolute Gasteiger partial charge is 0.497 e. The maximum absolute atomic E-state index is 14.8. The Hall–Kier alpha value is -6.52. The van der Waals surface area contributed by atoms with Gasteiger partial charge in [0.05, 0.1) is 31.8 Å². The van der Waals surface area contributed by atoms with E-state index in [0.29, 0.717) is 49.6 Å². The van der Waals surface area contributed by atoms with Gasteiger partial charge in [-0.25, -0.2) is 0 Å². The Bertz CT molecular complexity index is 2520. The highest BCUT2D eigenvalue weighted by Gasteiger charge is 2.35. The topological polar surface area (TPSA) is 254 Å². The number of hydrogen-bond donors (Lipinski definition) is 8. The first kappa shape index (κ1) is 47.9. The highest BCUT2D eigenvalue weighted by molar-refractivity contribution is 6.02. The molecule has 6 rings (SSSR count). The number of carbonyl (C=O) groups excluding carboxylic acids is 4. The van der Waals surface area contributed by atoms with Crippen LogP contribution in [0.5, 0.6) is 5.75 Å². The Labute approximate surface area is 380 Å². The van der Waals surface area contributed by atoms with Crippen LogP contribution in [0.15, 0.2) is 85.2 Å². The van der Waals surface area contributed by atoms with Crippen LogP contribution in [0.1, 0.15) is 100 Å². The molecule has 3 heterocycles. The number of aromatic amines is 2. The summed E-state index contributed by atoms with van der Waals surface area (Å²) >= 11 is 0. The van der Waals surface area contributed by atoms with Crippen molar-refractivity contribution in [1.29, 1.82) is 0 Å². The van der Waals surface area contributed by atoms with Crippen LogP contribution in [0.4, 0.5) is 0 Å². The molecule has 4 amide bonds. The normalized spacial score (nSPS) is 14.0. The molecule has 5 atom stereocenters. The fourth-order valence-corrected chi connectivity index (χ4v) is 8.36. The number of unbranched alkanes of at least 4 members (excludes halogenated alkanes) is 1. The molecule has 0 fully saturated rings. The molecule has 3 aromatic carbocycles. The number of para-hydroxylation sites is 2. The number of H-pyrrole nitrogens is 2. The third kappa shape index (κ3) is 12.4. The maximum Gasteiger partial charge on any atom is 0.240 e. The predicted octanol–water partition coefficient (Wildman–Crippen LogP) is 5.23. The van der Waals surface area contributed by atoms with Crippen LogP contribution >= 0.6 is 0 Å². The number of nitrogens with zero attached hydrogens (tertiary/aromatic N) is 3. The number of aromatic nitrogens is 5. The average Bonchev–Trinajstić information content (AvgIpc) is 4.02. The van der Waals surface area contributed by atoms with Crippen molar-refractivity contribution in [2.24, 2.45) is 35.0 Å². The van der Waals surface area contributed by atoms with Gasteiger partial charge in [-0.3, -0.25) is 19.2 Å². The lowest BCUT2D eigenvalue weighted by molar-refractivity contribution is -0.138. The summed E-state index contributed by atoms with van der Waals surface area (Å²) < 4.78 is 7.41. The lowest BCUT2D eigenvalue weighted by Crippen LogP contribution is -2.51. The summed E-state index contributed by atoms with van der Waals surface area (Å²) in [5.41, 5.74) is 22.6. The van der Waals surface area contributed by atoms with Gasteiger partial charge in [0, 0.05) is 47.0 Å². The zero-order chi connectivity index (χ0) is 46.6. The van der Waals surface area contributed by atoms with E-state index in [1.807, 2.05) is 117 Å². The van der Waals surface area contributed by atoms with Crippen LogP contribution in [0, 0.1) is 17.8 Å². The Kier molecular flexibility index (Phi) is 16.5. The molecule has 11 N–H and O–H groups in total. The number of primary amides is 1. The van der Waals surface area contributed by atoms with E-state index in [4.69, 9.17) is 32.1 Å².